The second-order valence-electron chi connectivity index (χ2n) is 7.07. The Morgan fingerprint density at radius 2 is 2.07 bits per heavy atom. The molecule has 4 rings (SSSR count). The highest BCUT2D eigenvalue weighted by atomic mass is 35.5. The molecule has 0 unspecified atom stereocenters. The van der Waals surface area contributed by atoms with Crippen LogP contribution in [0.5, 0.6) is 0 Å². The van der Waals surface area contributed by atoms with Crippen LogP contribution >= 0.6 is 23.4 Å². The fourth-order valence-electron chi connectivity index (χ4n) is 3.80. The molecule has 1 aliphatic heterocycles. The Bertz CT molecular complexity index is 1070. The van der Waals surface area contributed by atoms with Crippen LogP contribution in [0.25, 0.3) is 0 Å². The normalized spacial score (nSPS) is 20.9. The van der Waals surface area contributed by atoms with Crippen LogP contribution in [0, 0.1) is 17.2 Å². The van der Waals surface area contributed by atoms with Gasteiger partial charge in [0.05, 0.1) is 35.5 Å². The standard InChI is InChI=1S/C22H18ClN3O3S/c23-13-6-8-14(9-7-13)25-19(28)12-30-22-15(11-24)20(18-5-2-10-29-18)21-16(26-22)3-1-4-17(21)27/h2,5-10,20-21H,1,3-4,12H2,(H,25,28)/t20-,21+/m0/s1. The first-order valence-corrected chi connectivity index (χ1v) is 10.9. The summed E-state index contributed by atoms with van der Waals surface area (Å²) >= 11 is 7.06. The maximum atomic E-state index is 12.7. The van der Waals surface area contributed by atoms with Crippen LogP contribution in [0.2, 0.25) is 5.02 Å². The van der Waals surface area contributed by atoms with Crippen molar-refractivity contribution in [2.75, 3.05) is 11.1 Å². The fourth-order valence-corrected chi connectivity index (χ4v) is 4.78. The van der Waals surface area contributed by atoms with E-state index in [1.54, 1.807) is 36.4 Å². The van der Waals surface area contributed by atoms with Crippen LogP contribution in [-0.4, -0.2) is 23.2 Å². The lowest BCUT2D eigenvalue weighted by Crippen LogP contribution is -2.37. The number of fused-ring (bicyclic) bond motifs is 1. The van der Waals surface area contributed by atoms with E-state index >= 15 is 0 Å². The molecule has 1 aliphatic carbocycles. The van der Waals surface area contributed by atoms with Gasteiger partial charge in [-0.1, -0.05) is 23.4 Å². The summed E-state index contributed by atoms with van der Waals surface area (Å²) in [5, 5.41) is 13.7. The maximum Gasteiger partial charge on any atom is 0.234 e. The summed E-state index contributed by atoms with van der Waals surface area (Å²) in [7, 11) is 0. The predicted molar refractivity (Wildman–Crippen MR) is 116 cm³/mol. The number of halogens is 1. The van der Waals surface area contributed by atoms with E-state index in [0.29, 0.717) is 39.9 Å². The second-order valence-corrected chi connectivity index (χ2v) is 8.47. The molecule has 1 aromatic carbocycles. The SMILES string of the molecule is N#CC1=C(SCC(=O)Nc2ccc(Cl)cc2)N=C2CCCC(=O)[C@@H]2[C@@H]1c1ccco1. The van der Waals surface area contributed by atoms with Gasteiger partial charge < -0.3 is 9.73 Å². The Morgan fingerprint density at radius 3 is 2.77 bits per heavy atom. The fraction of sp³-hybridized carbons (Fsp3) is 0.273. The number of nitrogens with zero attached hydrogens (tertiary/aromatic N) is 2. The first-order valence-electron chi connectivity index (χ1n) is 9.53. The van der Waals surface area contributed by atoms with Crippen LogP contribution in [0.4, 0.5) is 5.69 Å². The Hall–Kier alpha value is -2.82. The van der Waals surface area contributed by atoms with Gasteiger partial charge in [0.15, 0.2) is 0 Å². The van der Waals surface area contributed by atoms with Gasteiger partial charge >= 0.3 is 0 Å². The Morgan fingerprint density at radius 1 is 1.27 bits per heavy atom. The molecule has 0 saturated heterocycles. The first-order chi connectivity index (χ1) is 14.6. The number of allylic oxidation sites excluding steroid dienone is 1. The van der Waals surface area contributed by atoms with Gasteiger partial charge in [0.1, 0.15) is 16.6 Å². The van der Waals surface area contributed by atoms with E-state index in [2.05, 4.69) is 16.4 Å². The number of hydrogen-bond acceptors (Lipinski definition) is 6. The number of carbonyl (C=O) groups is 2. The van der Waals surface area contributed by atoms with Crippen molar-refractivity contribution in [1.29, 1.82) is 5.26 Å². The molecule has 6 nitrogen and oxygen atoms in total. The zero-order valence-corrected chi connectivity index (χ0v) is 17.5. The lowest BCUT2D eigenvalue weighted by atomic mass is 9.72. The van der Waals surface area contributed by atoms with Gasteiger partial charge in [-0.25, -0.2) is 4.99 Å². The van der Waals surface area contributed by atoms with Crippen molar-refractivity contribution in [3.05, 3.63) is 64.0 Å². The molecule has 152 valence electrons. The van der Waals surface area contributed by atoms with Crippen molar-refractivity contribution in [2.24, 2.45) is 10.9 Å². The number of nitrogens with one attached hydrogen (secondary N) is 1. The molecule has 0 spiro atoms. The van der Waals surface area contributed by atoms with Crippen molar-refractivity contribution >= 4 is 46.5 Å². The van der Waals surface area contributed by atoms with Crippen molar-refractivity contribution in [1.82, 2.24) is 0 Å². The number of thioether (sulfide) groups is 1. The van der Waals surface area contributed by atoms with Crippen LogP contribution in [0.3, 0.4) is 0 Å². The molecule has 1 aromatic heterocycles. The Labute approximate surface area is 183 Å². The Kier molecular flexibility index (Phi) is 6.07. The highest BCUT2D eigenvalue weighted by molar-refractivity contribution is 8.03. The van der Waals surface area contributed by atoms with Crippen LogP contribution in [0.15, 0.2) is 62.7 Å². The van der Waals surface area contributed by atoms with E-state index in [4.69, 9.17) is 16.0 Å². The number of furan rings is 1. The van der Waals surface area contributed by atoms with Gasteiger partial charge in [0, 0.05) is 22.8 Å². The molecule has 2 atom stereocenters. The largest absolute Gasteiger partial charge is 0.469 e. The summed E-state index contributed by atoms with van der Waals surface area (Å²) in [6.45, 7) is 0. The molecule has 2 aliphatic rings. The third kappa shape index (κ3) is 4.20. The van der Waals surface area contributed by atoms with Crippen molar-refractivity contribution in [3.8, 4) is 6.07 Å². The smallest absolute Gasteiger partial charge is 0.234 e. The van der Waals surface area contributed by atoms with E-state index < -0.39 is 11.8 Å². The predicted octanol–water partition coefficient (Wildman–Crippen LogP) is 4.95. The molecule has 0 bridgehead atoms. The molecule has 1 saturated carbocycles. The lowest BCUT2D eigenvalue weighted by Gasteiger charge is -2.33. The highest BCUT2D eigenvalue weighted by Gasteiger charge is 2.43. The molecular weight excluding hydrogens is 422 g/mol. The molecule has 1 fully saturated rings. The van der Waals surface area contributed by atoms with E-state index in [1.807, 2.05) is 0 Å². The van der Waals surface area contributed by atoms with E-state index in [9.17, 15) is 14.9 Å². The maximum absolute atomic E-state index is 12.7. The minimum atomic E-state index is -0.493. The summed E-state index contributed by atoms with van der Waals surface area (Å²) in [6, 6.07) is 12.6. The lowest BCUT2D eigenvalue weighted by molar-refractivity contribution is -0.122. The molecule has 1 amide bonds. The molecule has 0 radical (unpaired) electrons. The van der Waals surface area contributed by atoms with E-state index in [-0.39, 0.29) is 17.4 Å². The van der Waals surface area contributed by atoms with Crippen LogP contribution < -0.4 is 5.32 Å². The van der Waals surface area contributed by atoms with Gasteiger partial charge in [0.2, 0.25) is 5.91 Å². The molecular formula is C22H18ClN3O3S. The number of rotatable bonds is 5. The third-order valence-electron chi connectivity index (χ3n) is 5.12. The minimum absolute atomic E-state index is 0.0821. The van der Waals surface area contributed by atoms with Crippen molar-refractivity contribution < 1.29 is 14.0 Å². The van der Waals surface area contributed by atoms with Crippen LogP contribution in [-0.2, 0) is 9.59 Å². The van der Waals surface area contributed by atoms with Crippen molar-refractivity contribution in [3.63, 3.8) is 0 Å². The number of nitriles is 1. The highest BCUT2D eigenvalue weighted by Crippen LogP contribution is 2.45. The number of hydrogen-bond donors (Lipinski definition) is 1. The summed E-state index contributed by atoms with van der Waals surface area (Å²) in [4.78, 5) is 29.7. The molecule has 2 aromatic rings. The molecule has 1 N–H and O–H groups in total. The first kappa shape index (κ1) is 20.5. The number of benzene rings is 1. The molecule has 8 heteroatoms. The third-order valence-corrected chi connectivity index (χ3v) is 6.36. The van der Waals surface area contributed by atoms with E-state index in [0.717, 1.165) is 12.1 Å². The average molecular weight is 440 g/mol. The monoisotopic (exact) mass is 439 g/mol. The van der Waals surface area contributed by atoms with Gasteiger partial charge in [0.25, 0.3) is 0 Å². The van der Waals surface area contributed by atoms with Gasteiger partial charge in [-0.05, 0) is 49.2 Å². The van der Waals surface area contributed by atoms with Crippen LogP contribution in [0.1, 0.15) is 30.9 Å². The second kappa shape index (κ2) is 8.90. The number of ketones is 1. The number of carbonyl (C=O) groups excluding carboxylic acids is 2. The topological polar surface area (TPSA) is 95.5 Å². The molecule has 2 heterocycles. The summed E-state index contributed by atoms with van der Waals surface area (Å²) in [5.41, 5.74) is 1.78. The number of amides is 1. The number of aliphatic imine (C=N–C) groups is 1. The van der Waals surface area contributed by atoms with Gasteiger partial charge in [-0.15, -0.1) is 0 Å². The number of Topliss-reactive ketones (excluding diaryl/α,β-unsaturated/α-hetero) is 1. The minimum Gasteiger partial charge on any atom is -0.469 e. The van der Waals surface area contributed by atoms with Gasteiger partial charge in [-0.3, -0.25) is 9.59 Å². The quantitative estimate of drug-likeness (QED) is 0.711. The number of anilines is 1. The zero-order chi connectivity index (χ0) is 21.1. The van der Waals surface area contributed by atoms with Gasteiger partial charge in [-0.2, -0.15) is 5.26 Å². The summed E-state index contributed by atoms with van der Waals surface area (Å²) in [5.74, 6) is -0.437. The summed E-state index contributed by atoms with van der Waals surface area (Å²) in [6.07, 6.45) is 3.46. The zero-order valence-electron chi connectivity index (χ0n) is 15.9. The van der Waals surface area contributed by atoms with E-state index in [1.165, 1.54) is 18.0 Å². The summed E-state index contributed by atoms with van der Waals surface area (Å²) < 4.78 is 5.57. The Balaban J connectivity index is 1.57. The molecule has 30 heavy (non-hydrogen) atoms. The average Bonchev–Trinajstić information content (AvgIpc) is 3.27. The van der Waals surface area contributed by atoms with Crippen molar-refractivity contribution in [2.45, 2.75) is 25.2 Å².